The van der Waals surface area contributed by atoms with Gasteiger partial charge in [-0.2, -0.15) is 0 Å². The molecule has 3 nitrogen and oxygen atoms in total. The van der Waals surface area contributed by atoms with E-state index in [-0.39, 0.29) is 0 Å². The van der Waals surface area contributed by atoms with Gasteiger partial charge in [0.2, 0.25) is 0 Å². The molecule has 1 aliphatic rings. The van der Waals surface area contributed by atoms with E-state index in [9.17, 15) is 0 Å². The summed E-state index contributed by atoms with van der Waals surface area (Å²) in [6, 6.07) is 0. The Morgan fingerprint density at radius 3 is 3.19 bits per heavy atom. The quantitative estimate of drug-likeness (QED) is 0.838. The van der Waals surface area contributed by atoms with Gasteiger partial charge < -0.3 is 5.73 Å². The molecule has 0 saturated carbocycles. The van der Waals surface area contributed by atoms with Gasteiger partial charge in [-0.15, -0.1) is 11.3 Å². The Morgan fingerprint density at radius 1 is 1.75 bits per heavy atom. The van der Waals surface area contributed by atoms with Crippen molar-refractivity contribution >= 4 is 28.5 Å². The highest BCUT2D eigenvalue weighted by Gasteiger charge is 2.22. The second kappa shape index (κ2) is 5.21. The van der Waals surface area contributed by atoms with Crippen LogP contribution in [0.2, 0.25) is 0 Å². The maximum absolute atomic E-state index is 5.72. The number of hydrogen-bond acceptors (Lipinski definition) is 4. The van der Waals surface area contributed by atoms with Gasteiger partial charge >= 0.3 is 0 Å². The van der Waals surface area contributed by atoms with Crippen molar-refractivity contribution in [2.45, 2.75) is 26.3 Å². The molecule has 0 radical (unpaired) electrons. The molecule has 1 aliphatic heterocycles. The third kappa shape index (κ3) is 2.99. The van der Waals surface area contributed by atoms with Crippen LogP contribution in [-0.2, 0) is 6.54 Å². The molecule has 1 unspecified atom stereocenters. The summed E-state index contributed by atoms with van der Waals surface area (Å²) in [5, 5.41) is 3.30. The van der Waals surface area contributed by atoms with Gasteiger partial charge in [-0.1, -0.05) is 12.2 Å². The number of rotatable bonds is 3. The molecule has 1 saturated heterocycles. The smallest absolute Gasteiger partial charge is 0.107 e. The van der Waals surface area contributed by atoms with Crippen LogP contribution in [0.15, 0.2) is 5.38 Å². The summed E-state index contributed by atoms with van der Waals surface area (Å²) in [5.41, 5.74) is 6.83. The zero-order valence-corrected chi connectivity index (χ0v) is 11.1. The molecule has 1 aromatic heterocycles. The Hall–Kier alpha value is -0.520. The minimum atomic E-state index is 0.393. The molecule has 16 heavy (non-hydrogen) atoms. The van der Waals surface area contributed by atoms with Crippen molar-refractivity contribution < 1.29 is 0 Å². The van der Waals surface area contributed by atoms with E-state index >= 15 is 0 Å². The maximum Gasteiger partial charge on any atom is 0.107 e. The topological polar surface area (TPSA) is 42.1 Å². The zero-order valence-electron chi connectivity index (χ0n) is 9.48. The number of nitrogens with two attached hydrogens (primary N) is 1. The first-order chi connectivity index (χ1) is 7.65. The number of thiazole rings is 1. The van der Waals surface area contributed by atoms with E-state index in [2.05, 4.69) is 15.3 Å². The minimum Gasteiger partial charge on any atom is -0.393 e. The van der Waals surface area contributed by atoms with Crippen LogP contribution in [0.1, 0.15) is 23.5 Å². The Balaban J connectivity index is 1.92. The first-order valence-electron chi connectivity index (χ1n) is 5.58. The zero-order chi connectivity index (χ0) is 11.5. The minimum absolute atomic E-state index is 0.393. The summed E-state index contributed by atoms with van der Waals surface area (Å²) in [7, 11) is 0. The third-order valence-electron chi connectivity index (χ3n) is 2.93. The molecule has 2 heterocycles. The van der Waals surface area contributed by atoms with Gasteiger partial charge in [0.1, 0.15) is 5.01 Å². The maximum atomic E-state index is 5.72. The number of aryl methyl sites for hydroxylation is 1. The van der Waals surface area contributed by atoms with Crippen molar-refractivity contribution in [1.29, 1.82) is 0 Å². The molecule has 88 valence electrons. The van der Waals surface area contributed by atoms with E-state index in [1.807, 2.05) is 6.92 Å². The summed E-state index contributed by atoms with van der Waals surface area (Å²) >= 11 is 6.81. The van der Waals surface area contributed by atoms with Crippen LogP contribution in [-0.4, -0.2) is 28.0 Å². The van der Waals surface area contributed by atoms with E-state index in [0.29, 0.717) is 10.9 Å². The Bertz CT molecular complexity index is 375. The van der Waals surface area contributed by atoms with Crippen LogP contribution in [0.5, 0.6) is 0 Å². The summed E-state index contributed by atoms with van der Waals surface area (Å²) in [5.74, 6) is 0.393. The lowest BCUT2D eigenvalue weighted by atomic mass is 9.98. The van der Waals surface area contributed by atoms with Gasteiger partial charge in [-0.05, 0) is 26.3 Å². The normalized spacial score (nSPS) is 22.2. The molecule has 0 aliphatic carbocycles. The fourth-order valence-electron chi connectivity index (χ4n) is 2.10. The van der Waals surface area contributed by atoms with E-state index in [1.165, 1.54) is 11.4 Å². The van der Waals surface area contributed by atoms with Gasteiger partial charge in [0.05, 0.1) is 11.5 Å². The molecule has 1 aromatic rings. The highest BCUT2D eigenvalue weighted by molar-refractivity contribution is 7.80. The number of likely N-dealkylation sites (tertiary alicyclic amines) is 1. The number of aromatic nitrogens is 1. The Labute approximate surface area is 106 Å². The highest BCUT2D eigenvalue weighted by atomic mass is 32.1. The summed E-state index contributed by atoms with van der Waals surface area (Å²) < 4.78 is 0. The van der Waals surface area contributed by atoms with Gasteiger partial charge in [-0.3, -0.25) is 4.90 Å². The Kier molecular flexibility index (Phi) is 3.89. The summed E-state index contributed by atoms with van der Waals surface area (Å²) in [6.07, 6.45) is 2.33. The van der Waals surface area contributed by atoms with Gasteiger partial charge in [0.25, 0.3) is 0 Å². The predicted octanol–water partition coefficient (Wildman–Crippen LogP) is 1.95. The molecule has 1 atom stereocenters. The van der Waals surface area contributed by atoms with Gasteiger partial charge in [-0.25, -0.2) is 4.98 Å². The summed E-state index contributed by atoms with van der Waals surface area (Å²) in [4.78, 5) is 7.56. The van der Waals surface area contributed by atoms with Crippen LogP contribution in [0.3, 0.4) is 0 Å². The van der Waals surface area contributed by atoms with Crippen molar-refractivity contribution in [1.82, 2.24) is 9.88 Å². The first-order valence-corrected chi connectivity index (χ1v) is 6.86. The fourth-order valence-corrected chi connectivity index (χ4v) is 3.10. The SMILES string of the molecule is Cc1csc(CN2CCCC(C(N)=S)C2)n1. The lowest BCUT2D eigenvalue weighted by molar-refractivity contribution is 0.197. The number of thiocarbonyl (C=S) groups is 1. The van der Waals surface area contributed by atoms with Crippen LogP contribution in [0.4, 0.5) is 0 Å². The first kappa shape index (κ1) is 12.0. The molecule has 0 spiro atoms. The second-order valence-corrected chi connectivity index (χ2v) is 5.77. The molecular weight excluding hydrogens is 238 g/mol. The lowest BCUT2D eigenvalue weighted by Crippen LogP contribution is -2.39. The molecule has 2 rings (SSSR count). The van der Waals surface area contributed by atoms with E-state index in [1.54, 1.807) is 11.3 Å². The van der Waals surface area contributed by atoms with Gasteiger partial charge in [0.15, 0.2) is 0 Å². The van der Waals surface area contributed by atoms with Crippen LogP contribution >= 0.6 is 23.6 Å². The number of hydrogen-bond donors (Lipinski definition) is 1. The van der Waals surface area contributed by atoms with Crippen LogP contribution in [0, 0.1) is 12.8 Å². The average Bonchev–Trinajstić information content (AvgIpc) is 2.64. The molecule has 2 N–H and O–H groups in total. The molecular formula is C11H17N3S2. The van der Waals surface area contributed by atoms with E-state index in [0.717, 1.165) is 31.7 Å². The molecule has 5 heteroatoms. The largest absolute Gasteiger partial charge is 0.393 e. The standard InChI is InChI=1S/C11H17N3S2/c1-8-7-16-10(13-8)6-14-4-2-3-9(5-14)11(12)15/h7,9H,2-6H2,1H3,(H2,12,15). The molecule has 1 fully saturated rings. The lowest BCUT2D eigenvalue weighted by Gasteiger charge is -2.31. The highest BCUT2D eigenvalue weighted by Crippen LogP contribution is 2.20. The monoisotopic (exact) mass is 255 g/mol. The van der Waals surface area contributed by atoms with Crippen molar-refractivity contribution in [3.63, 3.8) is 0 Å². The molecule has 0 bridgehead atoms. The van der Waals surface area contributed by atoms with Gasteiger partial charge in [0, 0.05) is 23.5 Å². The molecule has 0 amide bonds. The fraction of sp³-hybridized carbons (Fsp3) is 0.636. The van der Waals surface area contributed by atoms with Crippen molar-refractivity contribution in [2.24, 2.45) is 11.7 Å². The predicted molar refractivity (Wildman–Crippen MR) is 71.6 cm³/mol. The Morgan fingerprint density at radius 2 is 2.56 bits per heavy atom. The van der Waals surface area contributed by atoms with Crippen molar-refractivity contribution in [2.75, 3.05) is 13.1 Å². The average molecular weight is 255 g/mol. The van der Waals surface area contributed by atoms with E-state index in [4.69, 9.17) is 18.0 Å². The van der Waals surface area contributed by atoms with Crippen molar-refractivity contribution in [3.8, 4) is 0 Å². The third-order valence-corrected chi connectivity index (χ3v) is 4.22. The molecule has 0 aromatic carbocycles. The second-order valence-electron chi connectivity index (χ2n) is 4.36. The van der Waals surface area contributed by atoms with Crippen molar-refractivity contribution in [3.05, 3.63) is 16.1 Å². The van der Waals surface area contributed by atoms with E-state index < -0.39 is 0 Å². The number of nitrogens with zero attached hydrogens (tertiary/aromatic N) is 2. The number of piperidine rings is 1. The van der Waals surface area contributed by atoms with Crippen LogP contribution in [0.25, 0.3) is 0 Å². The summed E-state index contributed by atoms with van der Waals surface area (Å²) in [6.45, 7) is 5.11. The van der Waals surface area contributed by atoms with Crippen LogP contribution < -0.4 is 5.73 Å².